The van der Waals surface area contributed by atoms with E-state index in [1.807, 2.05) is 30.0 Å². The van der Waals surface area contributed by atoms with Crippen molar-refractivity contribution in [2.75, 3.05) is 29.5 Å². The Hall–Kier alpha value is -1.20. The molecule has 5 heteroatoms. The number of hydrogen-bond donors (Lipinski definition) is 1. The van der Waals surface area contributed by atoms with Crippen LogP contribution in [0, 0.1) is 5.92 Å². The van der Waals surface area contributed by atoms with Gasteiger partial charge in [-0.1, -0.05) is 0 Å². The highest BCUT2D eigenvalue weighted by Gasteiger charge is 2.35. The van der Waals surface area contributed by atoms with Crippen LogP contribution < -0.4 is 10.6 Å². The highest BCUT2D eigenvalue weighted by Crippen LogP contribution is 2.37. The SMILES string of the molecule is CC1OCCC1C(=O)N1CCSc2ccc(N)cc21. The molecular weight excluding hydrogens is 260 g/mol. The summed E-state index contributed by atoms with van der Waals surface area (Å²) in [5, 5.41) is 0. The molecular formula is C14H18N2O2S. The minimum atomic E-state index is -0.0163. The molecule has 4 nitrogen and oxygen atoms in total. The first-order chi connectivity index (χ1) is 9.16. The number of ether oxygens (including phenoxy) is 1. The summed E-state index contributed by atoms with van der Waals surface area (Å²) in [5.74, 6) is 1.10. The number of thioether (sulfide) groups is 1. The third kappa shape index (κ3) is 2.32. The highest BCUT2D eigenvalue weighted by molar-refractivity contribution is 7.99. The van der Waals surface area contributed by atoms with Gasteiger partial charge in [-0.2, -0.15) is 0 Å². The van der Waals surface area contributed by atoms with Crippen LogP contribution in [-0.2, 0) is 9.53 Å². The molecule has 2 N–H and O–H groups in total. The molecule has 1 amide bonds. The van der Waals surface area contributed by atoms with Crippen molar-refractivity contribution in [1.82, 2.24) is 0 Å². The van der Waals surface area contributed by atoms with Crippen LogP contribution in [0.3, 0.4) is 0 Å². The average Bonchev–Trinajstić information content (AvgIpc) is 2.83. The number of nitrogen functional groups attached to an aromatic ring is 1. The van der Waals surface area contributed by atoms with Crippen molar-refractivity contribution in [2.45, 2.75) is 24.3 Å². The van der Waals surface area contributed by atoms with Gasteiger partial charge in [0.05, 0.1) is 17.7 Å². The molecule has 0 aromatic heterocycles. The van der Waals surface area contributed by atoms with Gasteiger partial charge < -0.3 is 15.4 Å². The lowest BCUT2D eigenvalue weighted by Crippen LogP contribution is -2.41. The molecule has 0 radical (unpaired) electrons. The molecule has 2 unspecified atom stereocenters. The number of nitrogens with two attached hydrogens (primary N) is 1. The molecule has 0 aliphatic carbocycles. The standard InChI is InChI=1S/C14H18N2O2S/c1-9-11(4-6-18-9)14(17)16-5-7-19-13-3-2-10(15)8-12(13)16/h2-3,8-9,11H,4-7,15H2,1H3. The van der Waals surface area contributed by atoms with E-state index >= 15 is 0 Å². The van der Waals surface area contributed by atoms with E-state index in [-0.39, 0.29) is 17.9 Å². The van der Waals surface area contributed by atoms with Gasteiger partial charge in [-0.05, 0) is 31.5 Å². The van der Waals surface area contributed by atoms with E-state index in [1.165, 1.54) is 0 Å². The number of carbonyl (C=O) groups is 1. The predicted octanol–water partition coefficient (Wildman–Crippen LogP) is 2.13. The Morgan fingerprint density at radius 3 is 3.11 bits per heavy atom. The molecule has 2 atom stereocenters. The fourth-order valence-electron chi connectivity index (χ4n) is 2.72. The Morgan fingerprint density at radius 1 is 1.53 bits per heavy atom. The molecule has 0 saturated carbocycles. The first-order valence-electron chi connectivity index (χ1n) is 6.62. The van der Waals surface area contributed by atoms with Crippen molar-refractivity contribution < 1.29 is 9.53 Å². The van der Waals surface area contributed by atoms with Gasteiger partial charge in [0, 0.05) is 29.5 Å². The van der Waals surface area contributed by atoms with Crippen LogP contribution in [0.25, 0.3) is 0 Å². The van der Waals surface area contributed by atoms with E-state index < -0.39 is 0 Å². The van der Waals surface area contributed by atoms with Crippen LogP contribution in [-0.4, -0.2) is 30.9 Å². The summed E-state index contributed by atoms with van der Waals surface area (Å²) in [7, 11) is 0. The van der Waals surface area contributed by atoms with Gasteiger partial charge in [-0.25, -0.2) is 0 Å². The van der Waals surface area contributed by atoms with Crippen LogP contribution in [0.2, 0.25) is 0 Å². The Labute approximate surface area is 117 Å². The normalized spacial score (nSPS) is 26.3. The Kier molecular flexibility index (Phi) is 3.41. The maximum Gasteiger partial charge on any atom is 0.232 e. The van der Waals surface area contributed by atoms with E-state index in [0.717, 1.165) is 29.3 Å². The van der Waals surface area contributed by atoms with Crippen molar-refractivity contribution >= 4 is 29.0 Å². The molecule has 2 aliphatic heterocycles. The number of carbonyl (C=O) groups excluding carboxylic acids is 1. The third-order valence-corrected chi connectivity index (χ3v) is 4.85. The maximum absolute atomic E-state index is 12.7. The van der Waals surface area contributed by atoms with Crippen molar-refractivity contribution in [1.29, 1.82) is 0 Å². The summed E-state index contributed by atoms with van der Waals surface area (Å²) < 4.78 is 5.51. The first-order valence-corrected chi connectivity index (χ1v) is 7.60. The van der Waals surface area contributed by atoms with E-state index in [0.29, 0.717) is 12.3 Å². The number of fused-ring (bicyclic) bond motifs is 1. The molecule has 2 aliphatic rings. The van der Waals surface area contributed by atoms with Gasteiger partial charge in [0.25, 0.3) is 0 Å². The summed E-state index contributed by atoms with van der Waals surface area (Å²) in [5.41, 5.74) is 7.52. The summed E-state index contributed by atoms with van der Waals surface area (Å²) in [4.78, 5) is 15.7. The summed E-state index contributed by atoms with van der Waals surface area (Å²) >= 11 is 1.78. The zero-order valence-electron chi connectivity index (χ0n) is 11.0. The first kappa shape index (κ1) is 12.8. The smallest absolute Gasteiger partial charge is 0.232 e. The lowest BCUT2D eigenvalue weighted by Gasteiger charge is -2.31. The summed E-state index contributed by atoms with van der Waals surface area (Å²) in [6.45, 7) is 3.42. The van der Waals surface area contributed by atoms with E-state index in [2.05, 4.69) is 0 Å². The van der Waals surface area contributed by atoms with Crippen LogP contribution >= 0.6 is 11.8 Å². The Bertz CT molecular complexity index is 506. The zero-order valence-corrected chi connectivity index (χ0v) is 11.8. The van der Waals surface area contributed by atoms with Gasteiger partial charge in [0.15, 0.2) is 0 Å². The lowest BCUT2D eigenvalue weighted by atomic mass is 10.0. The van der Waals surface area contributed by atoms with Gasteiger partial charge in [-0.15, -0.1) is 11.8 Å². The van der Waals surface area contributed by atoms with Crippen LogP contribution in [0.1, 0.15) is 13.3 Å². The minimum absolute atomic E-state index is 0.0163. The number of benzene rings is 1. The molecule has 1 saturated heterocycles. The second-order valence-electron chi connectivity index (χ2n) is 5.04. The lowest BCUT2D eigenvalue weighted by molar-refractivity contribution is -0.123. The monoisotopic (exact) mass is 278 g/mol. The van der Waals surface area contributed by atoms with E-state index in [9.17, 15) is 4.79 Å². The second kappa shape index (κ2) is 5.06. The summed E-state index contributed by atoms with van der Waals surface area (Å²) in [6.07, 6.45) is 0.841. The second-order valence-corrected chi connectivity index (χ2v) is 6.17. The van der Waals surface area contributed by atoms with Crippen LogP contribution in [0.15, 0.2) is 23.1 Å². The molecule has 0 bridgehead atoms. The molecule has 1 aromatic rings. The fraction of sp³-hybridized carbons (Fsp3) is 0.500. The Morgan fingerprint density at radius 2 is 2.37 bits per heavy atom. The van der Waals surface area contributed by atoms with Crippen molar-refractivity contribution in [3.8, 4) is 0 Å². The molecule has 102 valence electrons. The zero-order chi connectivity index (χ0) is 13.4. The molecule has 3 rings (SSSR count). The molecule has 2 heterocycles. The minimum Gasteiger partial charge on any atom is -0.399 e. The Balaban J connectivity index is 1.90. The van der Waals surface area contributed by atoms with Crippen LogP contribution in [0.4, 0.5) is 11.4 Å². The largest absolute Gasteiger partial charge is 0.399 e. The van der Waals surface area contributed by atoms with Gasteiger partial charge >= 0.3 is 0 Å². The maximum atomic E-state index is 12.7. The van der Waals surface area contributed by atoms with Crippen molar-refractivity contribution in [2.24, 2.45) is 5.92 Å². The average molecular weight is 278 g/mol. The number of hydrogen-bond acceptors (Lipinski definition) is 4. The van der Waals surface area contributed by atoms with Gasteiger partial charge in [0.2, 0.25) is 5.91 Å². The summed E-state index contributed by atoms with van der Waals surface area (Å²) in [6, 6.07) is 5.80. The molecule has 1 aromatic carbocycles. The van der Waals surface area contributed by atoms with Gasteiger partial charge in [-0.3, -0.25) is 4.79 Å². The number of nitrogens with zero attached hydrogens (tertiary/aromatic N) is 1. The van der Waals surface area contributed by atoms with E-state index in [1.54, 1.807) is 11.8 Å². The topological polar surface area (TPSA) is 55.6 Å². The molecule has 19 heavy (non-hydrogen) atoms. The van der Waals surface area contributed by atoms with Crippen molar-refractivity contribution in [3.63, 3.8) is 0 Å². The highest BCUT2D eigenvalue weighted by atomic mass is 32.2. The number of amides is 1. The number of anilines is 2. The van der Waals surface area contributed by atoms with Crippen molar-refractivity contribution in [3.05, 3.63) is 18.2 Å². The van der Waals surface area contributed by atoms with Gasteiger partial charge in [0.1, 0.15) is 0 Å². The van der Waals surface area contributed by atoms with Crippen LogP contribution in [0.5, 0.6) is 0 Å². The fourth-order valence-corrected chi connectivity index (χ4v) is 3.69. The number of rotatable bonds is 1. The third-order valence-electron chi connectivity index (χ3n) is 3.81. The predicted molar refractivity (Wildman–Crippen MR) is 77.5 cm³/mol. The quantitative estimate of drug-likeness (QED) is 0.800. The molecule has 0 spiro atoms. The van der Waals surface area contributed by atoms with E-state index in [4.69, 9.17) is 10.5 Å². The molecule has 1 fully saturated rings.